The van der Waals surface area contributed by atoms with Crippen molar-refractivity contribution < 1.29 is 17.9 Å². The first-order chi connectivity index (χ1) is 23.3. The Morgan fingerprint density at radius 3 is 2.33 bits per heavy atom. The number of nitrogens with zero attached hydrogens (tertiary/aromatic N) is 5. The van der Waals surface area contributed by atoms with Crippen LogP contribution < -0.4 is 15.2 Å². The molecule has 0 N–H and O–H groups in total. The average Bonchev–Trinajstić information content (AvgIpc) is 3.58. The molecule has 0 radical (unpaired) electrons. The third kappa shape index (κ3) is 6.50. The number of aryl methyl sites for hydroxylation is 2. The summed E-state index contributed by atoms with van der Waals surface area (Å²) in [5, 5.41) is 0.567. The van der Waals surface area contributed by atoms with E-state index in [1.165, 1.54) is 16.3 Å². The molecule has 0 bridgehead atoms. The van der Waals surface area contributed by atoms with Crippen molar-refractivity contribution in [2.75, 3.05) is 57.4 Å². The fourth-order valence-corrected chi connectivity index (χ4v) is 8.06. The number of benzene rings is 2. The molecule has 10 nitrogen and oxygen atoms in total. The Bertz CT molecular complexity index is 2040. The van der Waals surface area contributed by atoms with Crippen LogP contribution in [-0.4, -0.2) is 79.4 Å². The number of fused-ring (bicyclic) bond motifs is 1. The van der Waals surface area contributed by atoms with Crippen LogP contribution in [0.4, 0.5) is 5.82 Å². The molecule has 11 heteroatoms. The van der Waals surface area contributed by atoms with Gasteiger partial charge in [-0.2, -0.15) is 0 Å². The van der Waals surface area contributed by atoms with Crippen LogP contribution in [0.15, 0.2) is 95.0 Å². The van der Waals surface area contributed by atoms with Crippen molar-refractivity contribution in [2.45, 2.75) is 30.6 Å². The van der Waals surface area contributed by atoms with E-state index >= 15 is 0 Å². The first-order valence-corrected chi connectivity index (χ1v) is 18.0. The van der Waals surface area contributed by atoms with Gasteiger partial charge in [0, 0.05) is 74.9 Å². The lowest BCUT2D eigenvalue weighted by Gasteiger charge is -2.33. The normalized spacial score (nSPS) is 16.4. The Morgan fingerprint density at radius 1 is 0.917 bits per heavy atom. The van der Waals surface area contributed by atoms with Crippen LogP contribution in [0, 0.1) is 6.92 Å². The van der Waals surface area contributed by atoms with Crippen molar-refractivity contribution in [3.63, 3.8) is 0 Å². The molecular weight excluding hydrogens is 627 g/mol. The molecule has 5 aromatic rings. The number of morpholine rings is 1. The second kappa shape index (κ2) is 13.6. The fraction of sp³-hybridized carbons (Fsp3) is 0.351. The van der Waals surface area contributed by atoms with E-state index < -0.39 is 10.0 Å². The molecule has 2 aromatic carbocycles. The van der Waals surface area contributed by atoms with Gasteiger partial charge >= 0.3 is 0 Å². The van der Waals surface area contributed by atoms with Crippen molar-refractivity contribution >= 4 is 26.7 Å². The van der Waals surface area contributed by atoms with E-state index in [1.807, 2.05) is 25.3 Å². The van der Waals surface area contributed by atoms with E-state index in [0.29, 0.717) is 17.9 Å². The number of anilines is 1. The lowest BCUT2D eigenvalue weighted by molar-refractivity contribution is 0.0322. The van der Waals surface area contributed by atoms with Gasteiger partial charge in [-0.05, 0) is 73.7 Å². The van der Waals surface area contributed by atoms with Crippen LogP contribution in [0.25, 0.3) is 22.0 Å². The lowest BCUT2D eigenvalue weighted by Crippen LogP contribution is -2.38. The van der Waals surface area contributed by atoms with Gasteiger partial charge in [0.05, 0.1) is 18.1 Å². The third-order valence-corrected chi connectivity index (χ3v) is 11.3. The van der Waals surface area contributed by atoms with Crippen LogP contribution in [-0.2, 0) is 21.8 Å². The Balaban J connectivity index is 1.01. The molecule has 0 spiro atoms. The van der Waals surface area contributed by atoms with Gasteiger partial charge in [-0.1, -0.05) is 29.8 Å². The first kappa shape index (κ1) is 32.1. The minimum absolute atomic E-state index is 0.120. The molecule has 2 aliphatic heterocycles. The molecule has 250 valence electrons. The summed E-state index contributed by atoms with van der Waals surface area (Å²) in [6.07, 6.45) is 7.08. The Morgan fingerprint density at radius 2 is 1.65 bits per heavy atom. The predicted molar refractivity (Wildman–Crippen MR) is 188 cm³/mol. The maximum absolute atomic E-state index is 13.6. The molecule has 0 amide bonds. The second-order valence-corrected chi connectivity index (χ2v) is 14.5. The Kier molecular flexibility index (Phi) is 9.09. The van der Waals surface area contributed by atoms with Gasteiger partial charge in [-0.25, -0.2) is 17.4 Å². The predicted octanol–water partition coefficient (Wildman–Crippen LogP) is 5.04. The van der Waals surface area contributed by atoms with Gasteiger partial charge in [0.25, 0.3) is 15.6 Å². The van der Waals surface area contributed by atoms with Crippen molar-refractivity contribution in [1.82, 2.24) is 18.4 Å². The molecule has 48 heavy (non-hydrogen) atoms. The lowest BCUT2D eigenvalue weighted by atomic mass is 9.89. The molecule has 0 atom stereocenters. The highest BCUT2D eigenvalue weighted by Crippen LogP contribution is 2.33. The number of ether oxygens (including phenoxy) is 2. The fourth-order valence-electron chi connectivity index (χ4n) is 6.71. The van der Waals surface area contributed by atoms with E-state index in [-0.39, 0.29) is 16.0 Å². The quantitative estimate of drug-likeness (QED) is 0.216. The van der Waals surface area contributed by atoms with E-state index in [4.69, 9.17) is 14.5 Å². The van der Waals surface area contributed by atoms with E-state index in [0.717, 1.165) is 91.0 Å². The van der Waals surface area contributed by atoms with Crippen LogP contribution in [0.2, 0.25) is 0 Å². The van der Waals surface area contributed by atoms with Crippen molar-refractivity contribution in [3.8, 4) is 16.9 Å². The SMILES string of the molecule is Cc1ccc(S(=O)(=O)n2ccc3c(-c4ccc(N5CCC(c6ccc(OCCN7CCOCC7)cc6)CC5)nc4)cn(C)c(=O)c32)cc1. The molecule has 2 fully saturated rings. The second-order valence-electron chi connectivity index (χ2n) is 12.7. The average molecular weight is 668 g/mol. The standard InChI is InChI=1S/C37H41N5O5S/c1-27-3-10-32(11-4-27)48(44,45)42-18-15-33-34(26-39(2)37(43)36(33)42)30-7-12-35(38-25-30)41-16-13-29(14-17-41)28-5-8-31(9-6-28)47-24-21-40-19-22-46-23-20-40/h3-12,15,18,25-26,29H,13-14,16-17,19-24H2,1-2H3. The van der Waals surface area contributed by atoms with Gasteiger partial charge in [0.1, 0.15) is 23.7 Å². The zero-order valence-corrected chi connectivity index (χ0v) is 28.2. The molecule has 0 unspecified atom stereocenters. The Hall–Kier alpha value is -4.45. The summed E-state index contributed by atoms with van der Waals surface area (Å²) in [4.78, 5) is 22.9. The summed E-state index contributed by atoms with van der Waals surface area (Å²) in [5.41, 5.74) is 3.59. The summed E-state index contributed by atoms with van der Waals surface area (Å²) >= 11 is 0. The highest BCUT2D eigenvalue weighted by Gasteiger charge is 2.24. The first-order valence-electron chi connectivity index (χ1n) is 16.5. The number of pyridine rings is 2. The largest absolute Gasteiger partial charge is 0.492 e. The van der Waals surface area contributed by atoms with Gasteiger partial charge < -0.3 is 18.9 Å². The minimum Gasteiger partial charge on any atom is -0.492 e. The number of hydrogen-bond donors (Lipinski definition) is 0. The van der Waals surface area contributed by atoms with E-state index in [9.17, 15) is 13.2 Å². The summed E-state index contributed by atoms with van der Waals surface area (Å²) in [6, 6.07) is 20.9. The molecule has 0 aliphatic carbocycles. The van der Waals surface area contributed by atoms with Crippen molar-refractivity contribution in [2.24, 2.45) is 7.05 Å². The van der Waals surface area contributed by atoms with Gasteiger partial charge in [-0.15, -0.1) is 0 Å². The number of rotatable bonds is 9. The molecule has 7 rings (SSSR count). The van der Waals surface area contributed by atoms with E-state index in [1.54, 1.807) is 43.6 Å². The van der Waals surface area contributed by atoms with Crippen molar-refractivity contribution in [3.05, 3.63) is 107 Å². The van der Waals surface area contributed by atoms with Crippen LogP contribution >= 0.6 is 0 Å². The van der Waals surface area contributed by atoms with Crippen LogP contribution in [0.5, 0.6) is 5.75 Å². The van der Waals surface area contributed by atoms with Crippen LogP contribution in [0.3, 0.4) is 0 Å². The minimum atomic E-state index is -3.96. The summed E-state index contributed by atoms with van der Waals surface area (Å²) < 4.78 is 41.1. The molecule has 2 aliphatic rings. The monoisotopic (exact) mass is 667 g/mol. The topological polar surface area (TPSA) is 98.9 Å². The van der Waals surface area contributed by atoms with Gasteiger partial charge in [0.15, 0.2) is 0 Å². The molecule has 0 saturated carbocycles. The summed E-state index contributed by atoms with van der Waals surface area (Å²) in [6.45, 7) is 8.84. The number of aromatic nitrogens is 3. The maximum atomic E-state index is 13.6. The molecule has 2 saturated heterocycles. The zero-order valence-electron chi connectivity index (χ0n) is 27.4. The highest BCUT2D eigenvalue weighted by molar-refractivity contribution is 7.90. The van der Waals surface area contributed by atoms with Crippen LogP contribution in [0.1, 0.15) is 29.9 Å². The molecule has 3 aromatic heterocycles. The smallest absolute Gasteiger partial charge is 0.275 e. The zero-order chi connectivity index (χ0) is 33.3. The van der Waals surface area contributed by atoms with Gasteiger partial charge in [-0.3, -0.25) is 9.69 Å². The third-order valence-electron chi connectivity index (χ3n) is 9.58. The van der Waals surface area contributed by atoms with Crippen molar-refractivity contribution in [1.29, 1.82) is 0 Å². The highest BCUT2D eigenvalue weighted by atomic mass is 32.2. The number of piperidine rings is 1. The maximum Gasteiger partial charge on any atom is 0.275 e. The Labute approximate surface area is 281 Å². The summed E-state index contributed by atoms with van der Waals surface area (Å²) in [7, 11) is -2.32. The van der Waals surface area contributed by atoms with Gasteiger partial charge in [0.2, 0.25) is 0 Å². The summed E-state index contributed by atoms with van der Waals surface area (Å²) in [5.74, 6) is 2.30. The van der Waals surface area contributed by atoms with E-state index in [2.05, 4.69) is 34.1 Å². The number of hydrogen-bond acceptors (Lipinski definition) is 8. The molecule has 5 heterocycles. The molecular formula is C37H41N5O5S.